The first-order valence-electron chi connectivity index (χ1n) is 10.1. The summed E-state index contributed by atoms with van der Waals surface area (Å²) in [7, 11) is 0. The van der Waals surface area contributed by atoms with Crippen molar-refractivity contribution in [3.63, 3.8) is 0 Å². The maximum Gasteiger partial charge on any atom is 0.274 e. The van der Waals surface area contributed by atoms with Crippen LogP contribution >= 0.6 is 0 Å². The number of nitrogens with zero attached hydrogens (tertiary/aromatic N) is 3. The Bertz CT molecular complexity index is 657. The lowest BCUT2D eigenvalue weighted by Crippen LogP contribution is -2.51. The van der Waals surface area contributed by atoms with Crippen LogP contribution in [-0.2, 0) is 17.8 Å². The van der Waals surface area contributed by atoms with Gasteiger partial charge in [-0.15, -0.1) is 0 Å². The fraction of sp³-hybridized carbons (Fsp3) is 0.737. The van der Waals surface area contributed by atoms with Gasteiger partial charge in [-0.1, -0.05) is 19.3 Å². The van der Waals surface area contributed by atoms with Gasteiger partial charge in [-0.2, -0.15) is 5.10 Å². The molecule has 3 heterocycles. The van der Waals surface area contributed by atoms with Gasteiger partial charge < -0.3 is 15.1 Å². The zero-order valence-electron chi connectivity index (χ0n) is 15.4. The lowest BCUT2D eigenvalue weighted by molar-refractivity contribution is -0.133. The van der Waals surface area contributed by atoms with E-state index in [1.54, 1.807) is 0 Å². The van der Waals surface area contributed by atoms with Crippen molar-refractivity contribution in [2.45, 2.75) is 51.5 Å². The van der Waals surface area contributed by atoms with Crippen LogP contribution in [0.3, 0.4) is 0 Å². The number of piperazine rings is 1. The van der Waals surface area contributed by atoms with Crippen LogP contribution in [0, 0.1) is 5.92 Å². The fourth-order valence-corrected chi connectivity index (χ4v) is 4.48. The van der Waals surface area contributed by atoms with Crippen molar-refractivity contribution >= 4 is 11.8 Å². The van der Waals surface area contributed by atoms with Gasteiger partial charge in [0.2, 0.25) is 5.91 Å². The van der Waals surface area contributed by atoms with Crippen LogP contribution in [0.4, 0.5) is 0 Å². The number of hydrogen-bond donors (Lipinski definition) is 2. The third kappa shape index (κ3) is 3.63. The summed E-state index contributed by atoms with van der Waals surface area (Å²) < 4.78 is 0. The molecule has 1 aromatic rings. The second-order valence-electron chi connectivity index (χ2n) is 7.84. The van der Waals surface area contributed by atoms with Crippen molar-refractivity contribution in [3.05, 3.63) is 17.0 Å². The molecule has 1 saturated heterocycles. The molecule has 7 nitrogen and oxygen atoms in total. The van der Waals surface area contributed by atoms with Crippen LogP contribution in [0.5, 0.6) is 0 Å². The Labute approximate surface area is 154 Å². The lowest BCUT2D eigenvalue weighted by atomic mass is 9.86. The molecule has 2 N–H and O–H groups in total. The third-order valence-electron chi connectivity index (χ3n) is 6.12. The van der Waals surface area contributed by atoms with Crippen LogP contribution in [0.1, 0.15) is 60.3 Å². The number of aromatic amines is 1. The molecule has 3 aliphatic rings. The van der Waals surface area contributed by atoms with Crippen molar-refractivity contribution in [3.8, 4) is 0 Å². The van der Waals surface area contributed by atoms with E-state index in [2.05, 4.69) is 15.5 Å². The highest BCUT2D eigenvalue weighted by Gasteiger charge is 2.30. The van der Waals surface area contributed by atoms with Gasteiger partial charge in [0.1, 0.15) is 0 Å². The van der Waals surface area contributed by atoms with E-state index in [-0.39, 0.29) is 11.8 Å². The molecule has 0 spiro atoms. The summed E-state index contributed by atoms with van der Waals surface area (Å²) in [6, 6.07) is 0. The minimum atomic E-state index is -0.00872. The minimum Gasteiger partial charge on any atom is -0.339 e. The average Bonchev–Trinajstić information content (AvgIpc) is 3.12. The summed E-state index contributed by atoms with van der Waals surface area (Å²) in [5.74, 6) is 0.829. The van der Waals surface area contributed by atoms with Gasteiger partial charge in [0.15, 0.2) is 5.69 Å². The number of H-pyrrole nitrogens is 1. The van der Waals surface area contributed by atoms with Crippen molar-refractivity contribution in [1.82, 2.24) is 25.3 Å². The predicted molar refractivity (Wildman–Crippen MR) is 97.7 cm³/mol. The number of nitrogens with one attached hydrogen (secondary N) is 2. The van der Waals surface area contributed by atoms with E-state index in [9.17, 15) is 9.59 Å². The number of fused-ring (bicyclic) bond motifs is 1. The molecule has 4 rings (SSSR count). The first kappa shape index (κ1) is 17.5. The van der Waals surface area contributed by atoms with Crippen LogP contribution in [-0.4, -0.2) is 64.5 Å². The largest absolute Gasteiger partial charge is 0.339 e. The average molecular weight is 359 g/mol. The molecular weight excluding hydrogens is 330 g/mol. The second-order valence-corrected chi connectivity index (χ2v) is 7.84. The Morgan fingerprint density at radius 3 is 2.54 bits per heavy atom. The number of carbonyl (C=O) groups is 2. The predicted octanol–water partition coefficient (Wildman–Crippen LogP) is 1.31. The lowest BCUT2D eigenvalue weighted by Gasteiger charge is -2.35. The summed E-state index contributed by atoms with van der Waals surface area (Å²) in [4.78, 5) is 29.2. The van der Waals surface area contributed by atoms with Crippen molar-refractivity contribution in [1.29, 1.82) is 0 Å². The molecule has 142 valence electrons. The van der Waals surface area contributed by atoms with Crippen LogP contribution < -0.4 is 5.32 Å². The number of hydrogen-bond acceptors (Lipinski definition) is 4. The van der Waals surface area contributed by atoms with E-state index in [0.29, 0.717) is 50.8 Å². The standard InChI is InChI=1S/C19H29N5O2/c25-17(12-14-4-2-1-3-5-14)23-8-10-24(11-9-23)19(26)18-15-13-20-7-6-16(15)21-22-18/h14,20H,1-13H2,(H,21,22). The summed E-state index contributed by atoms with van der Waals surface area (Å²) in [5, 5.41) is 10.6. The summed E-state index contributed by atoms with van der Waals surface area (Å²) in [6.45, 7) is 4.11. The summed E-state index contributed by atoms with van der Waals surface area (Å²) >= 11 is 0. The van der Waals surface area contributed by atoms with Gasteiger partial charge in [-0.05, 0) is 18.8 Å². The Kier molecular flexibility index (Phi) is 5.24. The minimum absolute atomic E-state index is 0.00872. The number of aromatic nitrogens is 2. The van der Waals surface area contributed by atoms with E-state index in [0.717, 1.165) is 24.2 Å². The van der Waals surface area contributed by atoms with Crippen LogP contribution in [0.15, 0.2) is 0 Å². The number of carbonyl (C=O) groups excluding carboxylic acids is 2. The highest BCUT2D eigenvalue weighted by molar-refractivity contribution is 5.94. The topological polar surface area (TPSA) is 81.3 Å². The smallest absolute Gasteiger partial charge is 0.274 e. The molecular formula is C19H29N5O2. The zero-order valence-corrected chi connectivity index (χ0v) is 15.4. The summed E-state index contributed by atoms with van der Waals surface area (Å²) in [6.07, 6.45) is 7.82. The SMILES string of the molecule is O=C(CC1CCCCC1)N1CCN(C(=O)c2n[nH]c3c2CNCC3)CC1. The molecule has 0 bridgehead atoms. The van der Waals surface area contributed by atoms with E-state index in [4.69, 9.17) is 0 Å². The van der Waals surface area contributed by atoms with Gasteiger partial charge in [0.05, 0.1) is 0 Å². The first-order valence-corrected chi connectivity index (χ1v) is 10.1. The highest BCUT2D eigenvalue weighted by atomic mass is 16.2. The van der Waals surface area contributed by atoms with Crippen molar-refractivity contribution < 1.29 is 9.59 Å². The van der Waals surface area contributed by atoms with Gasteiger partial charge in [-0.25, -0.2) is 0 Å². The van der Waals surface area contributed by atoms with E-state index in [1.807, 2.05) is 9.80 Å². The molecule has 26 heavy (non-hydrogen) atoms. The molecule has 1 aliphatic carbocycles. The van der Waals surface area contributed by atoms with Crippen molar-refractivity contribution in [2.75, 3.05) is 32.7 Å². The maximum atomic E-state index is 12.8. The highest BCUT2D eigenvalue weighted by Crippen LogP contribution is 2.27. The molecule has 0 radical (unpaired) electrons. The van der Waals surface area contributed by atoms with Crippen LogP contribution in [0.25, 0.3) is 0 Å². The van der Waals surface area contributed by atoms with Gasteiger partial charge in [0.25, 0.3) is 5.91 Å². The normalized spacial score (nSPS) is 21.5. The zero-order chi connectivity index (χ0) is 17.9. The van der Waals surface area contributed by atoms with Gasteiger partial charge in [0, 0.05) is 63.4 Å². The molecule has 2 amide bonds. The van der Waals surface area contributed by atoms with E-state index >= 15 is 0 Å². The Balaban J connectivity index is 1.31. The van der Waals surface area contributed by atoms with Crippen LogP contribution in [0.2, 0.25) is 0 Å². The Morgan fingerprint density at radius 1 is 1.04 bits per heavy atom. The molecule has 7 heteroatoms. The van der Waals surface area contributed by atoms with Gasteiger partial charge in [-0.3, -0.25) is 14.7 Å². The Hall–Kier alpha value is -1.89. The van der Waals surface area contributed by atoms with Crippen molar-refractivity contribution in [2.24, 2.45) is 5.92 Å². The first-order chi connectivity index (χ1) is 12.7. The maximum absolute atomic E-state index is 12.8. The van der Waals surface area contributed by atoms with E-state index < -0.39 is 0 Å². The molecule has 0 atom stereocenters. The number of rotatable bonds is 3. The molecule has 0 unspecified atom stereocenters. The second kappa shape index (κ2) is 7.78. The molecule has 2 aliphatic heterocycles. The Morgan fingerprint density at radius 2 is 1.77 bits per heavy atom. The molecule has 1 aromatic heterocycles. The van der Waals surface area contributed by atoms with Gasteiger partial charge >= 0.3 is 0 Å². The quantitative estimate of drug-likeness (QED) is 0.853. The van der Waals surface area contributed by atoms with E-state index in [1.165, 1.54) is 32.1 Å². The summed E-state index contributed by atoms with van der Waals surface area (Å²) in [5.41, 5.74) is 2.64. The molecule has 0 aromatic carbocycles. The third-order valence-corrected chi connectivity index (χ3v) is 6.12. The molecule has 1 saturated carbocycles. The number of amides is 2. The molecule has 2 fully saturated rings. The fourth-order valence-electron chi connectivity index (χ4n) is 4.48. The monoisotopic (exact) mass is 359 g/mol.